The Kier molecular flexibility index (Phi) is 8.99. The van der Waals surface area contributed by atoms with Gasteiger partial charge in [-0.2, -0.15) is 10.2 Å². The molecule has 0 aliphatic heterocycles. The molecule has 0 saturated heterocycles. The van der Waals surface area contributed by atoms with E-state index in [-0.39, 0.29) is 47.3 Å². The molecule has 3 rings (SSSR count). The van der Waals surface area contributed by atoms with Crippen molar-refractivity contribution in [2.45, 2.75) is 27.1 Å². The fourth-order valence-corrected chi connectivity index (χ4v) is 3.12. The lowest BCUT2D eigenvalue weighted by Gasteiger charge is -2.12. The summed E-state index contributed by atoms with van der Waals surface area (Å²) in [6, 6.07) is 21.0. The average Bonchev–Trinajstić information content (AvgIpc) is 2.89. The highest BCUT2D eigenvalue weighted by molar-refractivity contribution is 6.09. The number of benzene rings is 3. The predicted octanol–water partition coefficient (Wildman–Crippen LogP) is 4.40. The lowest BCUT2D eigenvalue weighted by atomic mass is 10.0. The van der Waals surface area contributed by atoms with Crippen LogP contribution in [0.3, 0.4) is 0 Å². The molecule has 0 saturated carbocycles. The monoisotopic (exact) mass is 490 g/mol. The minimum atomic E-state index is -0.802. The van der Waals surface area contributed by atoms with Crippen molar-refractivity contribution in [1.82, 2.24) is 10.9 Å². The van der Waals surface area contributed by atoms with Gasteiger partial charge < -0.3 is 19.7 Å². The number of hydrogen-bond donors (Lipinski definition) is 4. The molecule has 0 spiro atoms. The average molecular weight is 491 g/mol. The number of carbonyl (C=O) groups excluding carboxylic acids is 2. The van der Waals surface area contributed by atoms with Gasteiger partial charge in [0.15, 0.2) is 0 Å². The molecule has 0 aliphatic carbocycles. The van der Waals surface area contributed by atoms with Crippen molar-refractivity contribution >= 4 is 23.6 Å². The van der Waals surface area contributed by atoms with Gasteiger partial charge in [-0.25, -0.2) is 20.4 Å². The minimum absolute atomic E-state index is 0.0166. The van der Waals surface area contributed by atoms with Gasteiger partial charge in [0.05, 0.1) is 17.0 Å². The Bertz CT molecular complexity index is 1260. The van der Waals surface area contributed by atoms with E-state index >= 15 is 0 Å². The summed E-state index contributed by atoms with van der Waals surface area (Å²) in [4.78, 5) is 23.9. The number of phenols is 2. The molecule has 0 fully saturated rings. The van der Waals surface area contributed by atoms with Crippen LogP contribution in [-0.4, -0.2) is 33.8 Å². The summed E-state index contributed by atoms with van der Waals surface area (Å²) in [6.45, 7) is 3.18. The summed E-state index contributed by atoms with van der Waals surface area (Å²) in [6.07, 6.45) is -1.57. The molecule has 36 heavy (non-hydrogen) atoms. The zero-order valence-electron chi connectivity index (χ0n) is 19.8. The van der Waals surface area contributed by atoms with Crippen molar-refractivity contribution in [2.75, 3.05) is 0 Å². The van der Waals surface area contributed by atoms with E-state index < -0.39 is 12.2 Å². The third kappa shape index (κ3) is 7.32. The number of phenolic OH excluding ortho intramolecular Hbond substituents is 2. The lowest BCUT2D eigenvalue weighted by molar-refractivity contribution is 0.139. The zero-order valence-corrected chi connectivity index (χ0v) is 19.8. The zero-order chi connectivity index (χ0) is 25.9. The maximum Gasteiger partial charge on any atom is 0.428 e. The summed E-state index contributed by atoms with van der Waals surface area (Å²) in [5.41, 5.74) is 6.68. The van der Waals surface area contributed by atoms with Crippen LogP contribution in [0.5, 0.6) is 11.5 Å². The molecule has 186 valence electrons. The van der Waals surface area contributed by atoms with Gasteiger partial charge in [-0.15, -0.1) is 0 Å². The first kappa shape index (κ1) is 25.8. The SMILES string of the molecule is C/C(=N\NC(=O)OCc1ccccc1)c1ccc(O)c(/C(C)=N/NC(=O)OCc2ccccc2)c1O. The maximum atomic E-state index is 12.0. The van der Waals surface area contributed by atoms with Crippen LogP contribution < -0.4 is 10.9 Å². The fourth-order valence-electron chi connectivity index (χ4n) is 3.12. The highest BCUT2D eigenvalue weighted by atomic mass is 16.6. The molecule has 0 aliphatic rings. The number of amides is 2. The van der Waals surface area contributed by atoms with E-state index in [9.17, 15) is 19.8 Å². The Labute approximate surface area is 207 Å². The number of hydrogen-bond acceptors (Lipinski definition) is 8. The second-order valence-electron chi connectivity index (χ2n) is 7.60. The van der Waals surface area contributed by atoms with E-state index in [4.69, 9.17) is 9.47 Å². The van der Waals surface area contributed by atoms with Crippen LogP contribution in [0.25, 0.3) is 0 Å². The lowest BCUT2D eigenvalue weighted by Crippen LogP contribution is -2.21. The van der Waals surface area contributed by atoms with Crippen molar-refractivity contribution < 1.29 is 29.3 Å². The van der Waals surface area contributed by atoms with E-state index in [0.29, 0.717) is 0 Å². The molecule has 0 bridgehead atoms. The summed E-state index contributed by atoms with van der Waals surface area (Å²) >= 11 is 0. The molecule has 3 aromatic rings. The molecule has 0 aromatic heterocycles. The van der Waals surface area contributed by atoms with E-state index in [1.54, 1.807) is 6.92 Å². The number of nitrogens with one attached hydrogen (secondary N) is 2. The first-order valence-corrected chi connectivity index (χ1v) is 10.9. The molecule has 10 nitrogen and oxygen atoms in total. The van der Waals surface area contributed by atoms with Gasteiger partial charge in [0.2, 0.25) is 0 Å². The molecule has 0 radical (unpaired) electrons. The van der Waals surface area contributed by atoms with Crippen LogP contribution in [0, 0.1) is 0 Å². The van der Waals surface area contributed by atoms with Crippen LogP contribution in [0.2, 0.25) is 0 Å². The molecule has 0 atom stereocenters. The number of aromatic hydroxyl groups is 2. The number of carbonyl (C=O) groups is 2. The minimum Gasteiger partial charge on any atom is -0.507 e. The molecule has 2 amide bonds. The number of rotatable bonds is 8. The first-order valence-electron chi connectivity index (χ1n) is 10.9. The van der Waals surface area contributed by atoms with Crippen LogP contribution >= 0.6 is 0 Å². The van der Waals surface area contributed by atoms with Crippen LogP contribution in [-0.2, 0) is 22.7 Å². The van der Waals surface area contributed by atoms with E-state index in [0.717, 1.165) is 11.1 Å². The fraction of sp³-hybridized carbons (Fsp3) is 0.154. The Hall–Kier alpha value is -4.86. The molecule has 3 aromatic carbocycles. The van der Waals surface area contributed by atoms with E-state index in [2.05, 4.69) is 21.1 Å². The Morgan fingerprint density at radius 2 is 1.19 bits per heavy atom. The molecule has 0 unspecified atom stereocenters. The number of hydrazone groups is 2. The van der Waals surface area contributed by atoms with Crippen LogP contribution in [0.4, 0.5) is 9.59 Å². The molecule has 0 heterocycles. The Morgan fingerprint density at radius 3 is 1.69 bits per heavy atom. The molecular weight excluding hydrogens is 464 g/mol. The predicted molar refractivity (Wildman–Crippen MR) is 134 cm³/mol. The van der Waals surface area contributed by atoms with Crippen molar-refractivity contribution in [3.63, 3.8) is 0 Å². The van der Waals surface area contributed by atoms with Gasteiger partial charge in [0, 0.05) is 5.56 Å². The van der Waals surface area contributed by atoms with Crippen molar-refractivity contribution in [1.29, 1.82) is 0 Å². The van der Waals surface area contributed by atoms with Crippen LogP contribution in [0.1, 0.15) is 36.1 Å². The second-order valence-corrected chi connectivity index (χ2v) is 7.60. The van der Waals surface area contributed by atoms with E-state index in [1.807, 2.05) is 60.7 Å². The van der Waals surface area contributed by atoms with Gasteiger partial charge in [-0.05, 0) is 37.1 Å². The topological polar surface area (TPSA) is 142 Å². The van der Waals surface area contributed by atoms with Crippen molar-refractivity contribution in [3.8, 4) is 11.5 Å². The normalized spacial score (nSPS) is 11.5. The van der Waals surface area contributed by atoms with Crippen molar-refractivity contribution in [3.05, 3.63) is 95.1 Å². The summed E-state index contributed by atoms with van der Waals surface area (Å²) in [7, 11) is 0. The quantitative estimate of drug-likeness (QED) is 0.272. The maximum absolute atomic E-state index is 12.0. The smallest absolute Gasteiger partial charge is 0.428 e. The highest BCUT2D eigenvalue weighted by Gasteiger charge is 2.17. The van der Waals surface area contributed by atoms with Gasteiger partial charge in [0.25, 0.3) is 0 Å². The summed E-state index contributed by atoms with van der Waals surface area (Å²) in [5.74, 6) is -0.601. The molecule has 10 heteroatoms. The summed E-state index contributed by atoms with van der Waals surface area (Å²) in [5, 5.41) is 28.8. The third-order valence-corrected chi connectivity index (χ3v) is 4.96. The highest BCUT2D eigenvalue weighted by Crippen LogP contribution is 2.31. The Morgan fingerprint density at radius 1 is 0.722 bits per heavy atom. The summed E-state index contributed by atoms with van der Waals surface area (Å²) < 4.78 is 10.2. The molecule has 4 N–H and O–H groups in total. The van der Waals surface area contributed by atoms with Gasteiger partial charge >= 0.3 is 12.2 Å². The van der Waals surface area contributed by atoms with Gasteiger partial charge in [-0.3, -0.25) is 0 Å². The number of ether oxygens (including phenoxy) is 2. The first-order chi connectivity index (χ1) is 17.3. The molecular formula is C26H26N4O6. The number of nitrogens with zero attached hydrogens (tertiary/aromatic N) is 2. The largest absolute Gasteiger partial charge is 0.507 e. The van der Waals surface area contributed by atoms with Gasteiger partial charge in [-0.1, -0.05) is 60.7 Å². The van der Waals surface area contributed by atoms with E-state index in [1.165, 1.54) is 19.1 Å². The Balaban J connectivity index is 1.63. The van der Waals surface area contributed by atoms with Crippen LogP contribution in [0.15, 0.2) is 83.0 Å². The third-order valence-electron chi connectivity index (χ3n) is 4.96. The van der Waals surface area contributed by atoms with Gasteiger partial charge in [0.1, 0.15) is 24.7 Å². The second kappa shape index (κ2) is 12.6. The van der Waals surface area contributed by atoms with Crippen molar-refractivity contribution in [2.24, 2.45) is 10.2 Å². The standard InChI is InChI=1S/C26H26N4O6/c1-17(27-29-25(33)35-15-19-9-5-3-6-10-19)21-13-14-22(31)23(24(21)32)18(2)28-30-26(34)36-16-20-11-7-4-8-12-20/h3-14,31-32H,15-16H2,1-2H3,(H,29,33)(H,30,34)/b27-17+,28-18+.